The lowest BCUT2D eigenvalue weighted by Gasteiger charge is -2.13. The number of aryl methyl sites for hydroxylation is 1. The van der Waals surface area contributed by atoms with Crippen molar-refractivity contribution in [3.63, 3.8) is 0 Å². The van der Waals surface area contributed by atoms with E-state index in [1.807, 2.05) is 6.07 Å². The van der Waals surface area contributed by atoms with Crippen LogP contribution in [0.3, 0.4) is 0 Å². The van der Waals surface area contributed by atoms with Crippen molar-refractivity contribution in [1.29, 1.82) is 5.26 Å². The SMILES string of the molecule is Cc1cc(OCCOc2ccc(C#N)cc2)ccc1C(C)C. The maximum atomic E-state index is 8.73. The minimum absolute atomic E-state index is 0.469. The van der Waals surface area contributed by atoms with Gasteiger partial charge in [0.1, 0.15) is 24.7 Å². The predicted molar refractivity (Wildman–Crippen MR) is 87.4 cm³/mol. The summed E-state index contributed by atoms with van der Waals surface area (Å²) in [6.45, 7) is 7.44. The Labute approximate surface area is 132 Å². The third kappa shape index (κ3) is 4.26. The second-order valence-corrected chi connectivity index (χ2v) is 5.51. The second-order valence-electron chi connectivity index (χ2n) is 5.51. The molecule has 0 saturated heterocycles. The summed E-state index contributed by atoms with van der Waals surface area (Å²) in [5.74, 6) is 2.13. The fraction of sp³-hybridized carbons (Fsp3) is 0.316. The highest BCUT2D eigenvalue weighted by atomic mass is 16.5. The van der Waals surface area contributed by atoms with Gasteiger partial charge in [-0.05, 0) is 60.4 Å². The van der Waals surface area contributed by atoms with E-state index >= 15 is 0 Å². The molecule has 3 nitrogen and oxygen atoms in total. The Morgan fingerprint density at radius 3 is 2.09 bits per heavy atom. The zero-order chi connectivity index (χ0) is 15.9. The van der Waals surface area contributed by atoms with Crippen molar-refractivity contribution in [3.05, 3.63) is 59.2 Å². The van der Waals surface area contributed by atoms with Crippen LogP contribution in [0.5, 0.6) is 11.5 Å². The first-order valence-corrected chi connectivity index (χ1v) is 7.46. The standard InChI is InChI=1S/C19H21NO2/c1-14(2)19-9-8-18(12-15(19)3)22-11-10-21-17-6-4-16(13-20)5-7-17/h4-9,12,14H,10-11H2,1-3H3. The summed E-state index contributed by atoms with van der Waals surface area (Å²) in [7, 11) is 0. The van der Waals surface area contributed by atoms with E-state index in [1.165, 1.54) is 11.1 Å². The highest BCUT2D eigenvalue weighted by Gasteiger charge is 2.04. The molecule has 0 atom stereocenters. The van der Waals surface area contributed by atoms with Gasteiger partial charge in [0.15, 0.2) is 0 Å². The monoisotopic (exact) mass is 295 g/mol. The molecular formula is C19H21NO2. The van der Waals surface area contributed by atoms with Crippen LogP contribution in [-0.4, -0.2) is 13.2 Å². The summed E-state index contributed by atoms with van der Waals surface area (Å²) in [6.07, 6.45) is 0. The molecule has 2 rings (SSSR count). The number of ether oxygens (including phenoxy) is 2. The molecule has 0 amide bonds. The van der Waals surface area contributed by atoms with Gasteiger partial charge in [-0.1, -0.05) is 19.9 Å². The quantitative estimate of drug-likeness (QED) is 0.739. The Morgan fingerprint density at radius 1 is 0.955 bits per heavy atom. The molecule has 0 N–H and O–H groups in total. The molecule has 2 aromatic carbocycles. The van der Waals surface area contributed by atoms with Gasteiger partial charge in [0.2, 0.25) is 0 Å². The van der Waals surface area contributed by atoms with Gasteiger partial charge in [-0.15, -0.1) is 0 Å². The lowest BCUT2D eigenvalue weighted by molar-refractivity contribution is 0.217. The first-order valence-electron chi connectivity index (χ1n) is 7.46. The molecule has 2 aromatic rings. The molecule has 114 valence electrons. The molecular weight excluding hydrogens is 274 g/mol. The van der Waals surface area contributed by atoms with Gasteiger partial charge >= 0.3 is 0 Å². The van der Waals surface area contributed by atoms with Gasteiger partial charge in [0.25, 0.3) is 0 Å². The molecule has 0 unspecified atom stereocenters. The van der Waals surface area contributed by atoms with Crippen LogP contribution in [0.4, 0.5) is 0 Å². The molecule has 0 bridgehead atoms. The summed E-state index contributed by atoms with van der Waals surface area (Å²) in [5.41, 5.74) is 3.23. The Bertz CT molecular complexity index is 654. The van der Waals surface area contributed by atoms with E-state index in [2.05, 4.69) is 39.0 Å². The zero-order valence-corrected chi connectivity index (χ0v) is 13.3. The van der Waals surface area contributed by atoms with Crippen LogP contribution in [-0.2, 0) is 0 Å². The van der Waals surface area contributed by atoms with E-state index in [-0.39, 0.29) is 0 Å². The van der Waals surface area contributed by atoms with Gasteiger partial charge in [-0.25, -0.2) is 0 Å². The zero-order valence-electron chi connectivity index (χ0n) is 13.3. The Balaban J connectivity index is 1.81. The van der Waals surface area contributed by atoms with Gasteiger partial charge in [0, 0.05) is 0 Å². The molecule has 0 aliphatic heterocycles. The number of hydrogen-bond donors (Lipinski definition) is 0. The number of benzene rings is 2. The normalized spacial score (nSPS) is 10.3. The average molecular weight is 295 g/mol. The third-order valence-corrected chi connectivity index (χ3v) is 3.47. The van der Waals surface area contributed by atoms with Crippen molar-refractivity contribution in [2.45, 2.75) is 26.7 Å². The molecule has 0 aliphatic rings. The second kappa shape index (κ2) is 7.51. The van der Waals surface area contributed by atoms with Gasteiger partial charge in [-0.3, -0.25) is 0 Å². The van der Waals surface area contributed by atoms with Gasteiger partial charge in [-0.2, -0.15) is 5.26 Å². The number of nitriles is 1. The highest BCUT2D eigenvalue weighted by molar-refractivity contribution is 5.36. The van der Waals surface area contributed by atoms with Crippen LogP contribution in [0.1, 0.15) is 36.5 Å². The van der Waals surface area contributed by atoms with Crippen LogP contribution >= 0.6 is 0 Å². The van der Waals surface area contributed by atoms with Crippen molar-refractivity contribution >= 4 is 0 Å². The first kappa shape index (κ1) is 15.9. The van der Waals surface area contributed by atoms with E-state index in [9.17, 15) is 0 Å². The molecule has 0 saturated carbocycles. The number of nitrogens with zero attached hydrogens (tertiary/aromatic N) is 1. The molecule has 0 spiro atoms. The fourth-order valence-electron chi connectivity index (χ4n) is 2.33. The fourth-order valence-corrected chi connectivity index (χ4v) is 2.33. The summed E-state index contributed by atoms with van der Waals surface area (Å²) >= 11 is 0. The lowest BCUT2D eigenvalue weighted by Crippen LogP contribution is -2.09. The third-order valence-electron chi connectivity index (χ3n) is 3.47. The van der Waals surface area contributed by atoms with Gasteiger partial charge < -0.3 is 9.47 Å². The summed E-state index contributed by atoms with van der Waals surface area (Å²) < 4.78 is 11.3. The van der Waals surface area contributed by atoms with E-state index in [1.54, 1.807) is 24.3 Å². The minimum atomic E-state index is 0.469. The van der Waals surface area contributed by atoms with Crippen molar-refractivity contribution in [3.8, 4) is 17.6 Å². The Morgan fingerprint density at radius 2 is 1.55 bits per heavy atom. The summed E-state index contributed by atoms with van der Waals surface area (Å²) in [5, 5.41) is 8.73. The maximum Gasteiger partial charge on any atom is 0.122 e. The lowest BCUT2D eigenvalue weighted by atomic mass is 9.98. The van der Waals surface area contributed by atoms with Crippen LogP contribution in [0.15, 0.2) is 42.5 Å². The van der Waals surface area contributed by atoms with Crippen molar-refractivity contribution < 1.29 is 9.47 Å². The predicted octanol–water partition coefficient (Wildman–Crippen LogP) is 4.45. The average Bonchev–Trinajstić information content (AvgIpc) is 2.52. The van der Waals surface area contributed by atoms with Gasteiger partial charge in [0.05, 0.1) is 11.6 Å². The smallest absolute Gasteiger partial charge is 0.122 e. The van der Waals surface area contributed by atoms with Crippen molar-refractivity contribution in [1.82, 2.24) is 0 Å². The number of hydrogen-bond acceptors (Lipinski definition) is 3. The van der Waals surface area contributed by atoms with E-state index in [4.69, 9.17) is 14.7 Å². The Kier molecular flexibility index (Phi) is 5.43. The topological polar surface area (TPSA) is 42.2 Å². The molecule has 3 heteroatoms. The van der Waals surface area contributed by atoms with Crippen LogP contribution in [0.2, 0.25) is 0 Å². The van der Waals surface area contributed by atoms with E-state index in [0.29, 0.717) is 24.7 Å². The largest absolute Gasteiger partial charge is 0.490 e. The Hall–Kier alpha value is -2.47. The molecule has 0 heterocycles. The minimum Gasteiger partial charge on any atom is -0.490 e. The summed E-state index contributed by atoms with van der Waals surface area (Å²) in [4.78, 5) is 0. The molecule has 0 aliphatic carbocycles. The molecule has 0 fully saturated rings. The van der Waals surface area contributed by atoms with Crippen LogP contribution in [0.25, 0.3) is 0 Å². The highest BCUT2D eigenvalue weighted by Crippen LogP contribution is 2.23. The number of rotatable bonds is 6. The first-order chi connectivity index (χ1) is 10.6. The molecule has 22 heavy (non-hydrogen) atoms. The van der Waals surface area contributed by atoms with E-state index in [0.717, 1.165) is 11.5 Å². The van der Waals surface area contributed by atoms with E-state index < -0.39 is 0 Å². The van der Waals surface area contributed by atoms with Crippen LogP contribution < -0.4 is 9.47 Å². The van der Waals surface area contributed by atoms with Crippen molar-refractivity contribution in [2.24, 2.45) is 0 Å². The molecule has 0 radical (unpaired) electrons. The van der Waals surface area contributed by atoms with Crippen molar-refractivity contribution in [2.75, 3.05) is 13.2 Å². The van der Waals surface area contributed by atoms with Crippen LogP contribution in [0, 0.1) is 18.3 Å². The molecule has 0 aromatic heterocycles. The summed E-state index contributed by atoms with van der Waals surface area (Å²) in [6, 6.07) is 15.3. The maximum absolute atomic E-state index is 8.73.